The summed E-state index contributed by atoms with van der Waals surface area (Å²) < 4.78 is 20.3. The van der Waals surface area contributed by atoms with E-state index in [1.165, 1.54) is 0 Å². The zero-order valence-corrected chi connectivity index (χ0v) is 8.21. The molecule has 0 amide bonds. The van der Waals surface area contributed by atoms with Crippen LogP contribution in [0.25, 0.3) is 0 Å². The molecule has 0 aromatic heterocycles. The zero-order valence-electron chi connectivity index (χ0n) is 6.50. The van der Waals surface area contributed by atoms with E-state index in [1.807, 2.05) is 26.0 Å². The second-order valence-electron chi connectivity index (χ2n) is 2.52. The minimum atomic E-state index is -2.72. The molecule has 60 valence electrons. The Balaban J connectivity index is 3.23. The van der Waals surface area contributed by atoms with Gasteiger partial charge in [-0.25, -0.2) is 0 Å². The Kier molecular flexibility index (Phi) is 2.55. The first-order valence-corrected chi connectivity index (χ1v) is 5.61. The first kappa shape index (κ1) is 8.59. The van der Waals surface area contributed by atoms with Gasteiger partial charge in [-0.2, -0.15) is 0 Å². The number of benzene rings is 1. The molecule has 1 N–H and O–H groups in total. The average Bonchev–Trinajstić information content (AvgIpc) is 1.94. The van der Waals surface area contributed by atoms with Crippen molar-refractivity contribution in [2.75, 3.05) is 0 Å². The van der Waals surface area contributed by atoms with Crippen LogP contribution in [0.1, 0.15) is 11.1 Å². The van der Waals surface area contributed by atoms with Crippen molar-refractivity contribution in [1.29, 1.82) is 0 Å². The molecule has 0 saturated carbocycles. The molecule has 0 aliphatic rings. The van der Waals surface area contributed by atoms with Crippen LogP contribution in [0.4, 0.5) is 0 Å². The molecule has 1 rings (SSSR count). The van der Waals surface area contributed by atoms with Crippen molar-refractivity contribution in [1.82, 2.24) is 0 Å². The van der Waals surface area contributed by atoms with Crippen molar-refractivity contribution in [2.24, 2.45) is 0 Å². The van der Waals surface area contributed by atoms with Crippen LogP contribution < -0.4 is 4.46 Å². The van der Waals surface area contributed by atoms with E-state index in [2.05, 4.69) is 0 Å². The van der Waals surface area contributed by atoms with Crippen molar-refractivity contribution in [3.63, 3.8) is 0 Å². The summed E-state index contributed by atoms with van der Waals surface area (Å²) in [7, 11) is 0. The predicted molar refractivity (Wildman–Crippen MR) is 44.2 cm³/mol. The molecule has 1 atom stereocenters. The Morgan fingerprint density at radius 3 is 2.45 bits per heavy atom. The molecule has 0 fully saturated rings. The van der Waals surface area contributed by atoms with Gasteiger partial charge in [-0.1, -0.05) is 0 Å². The first-order valence-electron chi connectivity index (χ1n) is 3.29. The van der Waals surface area contributed by atoms with Gasteiger partial charge < -0.3 is 0 Å². The van der Waals surface area contributed by atoms with Gasteiger partial charge in [-0.15, -0.1) is 0 Å². The number of hydrogen-bond acceptors (Lipinski definition) is 1. The summed E-state index contributed by atoms with van der Waals surface area (Å²) in [6.07, 6.45) is 0. The third-order valence-electron chi connectivity index (χ3n) is 1.53. The number of rotatable bonds is 1. The summed E-state index contributed by atoms with van der Waals surface area (Å²) in [6, 6.07) is 5.58. The van der Waals surface area contributed by atoms with Crippen LogP contribution in [0.3, 0.4) is 0 Å². The molecule has 1 aromatic rings. The van der Waals surface area contributed by atoms with Gasteiger partial charge in [-0.3, -0.25) is 0 Å². The standard InChI is InChI=1S/C8H10O2Se/c1-6-3-4-7(2)8(5-6)11(9)10/h3-5H,1-2H3,(H,9,10). The molecule has 0 aliphatic carbocycles. The van der Waals surface area contributed by atoms with E-state index in [4.69, 9.17) is 4.19 Å². The SMILES string of the molecule is Cc1ccc(C)c([Se](=O)O)c1. The van der Waals surface area contributed by atoms with Crippen LogP contribution >= 0.6 is 0 Å². The molecule has 0 radical (unpaired) electrons. The van der Waals surface area contributed by atoms with E-state index in [9.17, 15) is 3.83 Å². The maximum absolute atomic E-state index is 10.8. The molecular formula is C8H10O2Se. The molecule has 0 saturated heterocycles. The summed E-state index contributed by atoms with van der Waals surface area (Å²) in [6.45, 7) is 3.76. The monoisotopic (exact) mass is 218 g/mol. The summed E-state index contributed by atoms with van der Waals surface area (Å²) >= 11 is -2.72. The molecule has 0 bridgehead atoms. The topological polar surface area (TPSA) is 37.3 Å². The summed E-state index contributed by atoms with van der Waals surface area (Å²) in [4.78, 5) is 0. The normalized spacial score (nSPS) is 13.0. The maximum atomic E-state index is 10.8. The van der Waals surface area contributed by atoms with Crippen LogP contribution in [-0.2, 0) is 3.83 Å². The van der Waals surface area contributed by atoms with Crippen molar-refractivity contribution >= 4 is 18.6 Å². The Hall–Kier alpha value is -0.501. The molecule has 3 heteroatoms. The Bertz CT molecular complexity index is 294. The Morgan fingerprint density at radius 2 is 2.00 bits per heavy atom. The van der Waals surface area contributed by atoms with E-state index in [0.29, 0.717) is 4.46 Å². The van der Waals surface area contributed by atoms with Gasteiger partial charge in [-0.05, 0) is 0 Å². The molecule has 0 heterocycles. The van der Waals surface area contributed by atoms with Crippen LogP contribution in [0.15, 0.2) is 18.2 Å². The van der Waals surface area contributed by atoms with E-state index in [-0.39, 0.29) is 0 Å². The van der Waals surface area contributed by atoms with Crippen molar-refractivity contribution in [3.05, 3.63) is 29.3 Å². The fraction of sp³-hybridized carbons (Fsp3) is 0.250. The molecule has 1 unspecified atom stereocenters. The van der Waals surface area contributed by atoms with Crippen molar-refractivity contribution < 1.29 is 8.02 Å². The Labute approximate surface area is 70.3 Å². The summed E-state index contributed by atoms with van der Waals surface area (Å²) in [5.41, 5.74) is 1.93. The summed E-state index contributed by atoms with van der Waals surface area (Å²) in [5, 5.41) is 0. The van der Waals surface area contributed by atoms with Gasteiger partial charge in [0.05, 0.1) is 0 Å². The molecule has 2 nitrogen and oxygen atoms in total. The van der Waals surface area contributed by atoms with Gasteiger partial charge in [0.15, 0.2) is 0 Å². The average molecular weight is 217 g/mol. The van der Waals surface area contributed by atoms with E-state index >= 15 is 0 Å². The van der Waals surface area contributed by atoms with E-state index in [0.717, 1.165) is 11.1 Å². The molecule has 1 aromatic carbocycles. The van der Waals surface area contributed by atoms with E-state index in [1.54, 1.807) is 6.07 Å². The first-order chi connectivity index (χ1) is 5.11. The van der Waals surface area contributed by atoms with Gasteiger partial charge in [0.1, 0.15) is 0 Å². The van der Waals surface area contributed by atoms with Crippen LogP contribution in [0, 0.1) is 13.8 Å². The predicted octanol–water partition coefficient (Wildman–Crippen LogP) is 0.421. The second-order valence-corrected chi connectivity index (χ2v) is 4.49. The van der Waals surface area contributed by atoms with Gasteiger partial charge in [0.2, 0.25) is 0 Å². The van der Waals surface area contributed by atoms with Crippen molar-refractivity contribution in [2.45, 2.75) is 13.8 Å². The van der Waals surface area contributed by atoms with Gasteiger partial charge in [0.25, 0.3) is 0 Å². The fourth-order valence-electron chi connectivity index (χ4n) is 0.895. The van der Waals surface area contributed by atoms with E-state index < -0.39 is 14.2 Å². The Morgan fingerprint density at radius 1 is 1.36 bits per heavy atom. The fourth-order valence-corrected chi connectivity index (χ4v) is 2.22. The molecule has 11 heavy (non-hydrogen) atoms. The van der Waals surface area contributed by atoms with Crippen molar-refractivity contribution in [3.8, 4) is 0 Å². The third kappa shape index (κ3) is 1.96. The zero-order chi connectivity index (χ0) is 8.43. The second kappa shape index (κ2) is 3.26. The number of aryl methyl sites for hydroxylation is 2. The van der Waals surface area contributed by atoms with Crippen LogP contribution in [0.2, 0.25) is 0 Å². The minimum absolute atomic E-state index is 0.602. The molecule has 0 spiro atoms. The van der Waals surface area contributed by atoms with Crippen LogP contribution in [-0.4, -0.2) is 18.4 Å². The number of hydrogen-bond donors (Lipinski definition) is 1. The molecule has 0 aliphatic heterocycles. The van der Waals surface area contributed by atoms with Crippen LogP contribution in [0.5, 0.6) is 0 Å². The van der Waals surface area contributed by atoms with Gasteiger partial charge >= 0.3 is 69.8 Å². The third-order valence-corrected chi connectivity index (χ3v) is 3.24. The van der Waals surface area contributed by atoms with Gasteiger partial charge in [0, 0.05) is 0 Å². The summed E-state index contributed by atoms with van der Waals surface area (Å²) in [5.74, 6) is 0. The quantitative estimate of drug-likeness (QED) is 0.692. The molecular weight excluding hydrogens is 207 g/mol.